The monoisotopic (exact) mass is 326 g/mol. The van der Waals surface area contributed by atoms with Gasteiger partial charge < -0.3 is 10.4 Å². The van der Waals surface area contributed by atoms with E-state index in [4.69, 9.17) is 5.11 Å². The first-order valence-corrected chi connectivity index (χ1v) is 6.48. The average Bonchev–Trinajstić information content (AvgIpc) is 2.85. The number of nitrogens with one attached hydrogen (secondary N) is 1. The van der Waals surface area contributed by atoms with E-state index in [1.54, 1.807) is 12.1 Å². The molecule has 0 bridgehead atoms. The Hall–Kier alpha value is -1.73. The smallest absolute Gasteiger partial charge is 0.337 e. The second kappa shape index (κ2) is 5.28. The van der Waals surface area contributed by atoms with Crippen molar-refractivity contribution >= 4 is 44.8 Å². The molecule has 0 saturated carbocycles. The lowest BCUT2D eigenvalue weighted by molar-refractivity contribution is 0.0698. The SMILES string of the molecule is O=C(Nc1c(Br)cccc1C(=O)O)c1cncs1. The van der Waals surface area contributed by atoms with E-state index in [0.29, 0.717) is 9.35 Å². The van der Waals surface area contributed by atoms with Gasteiger partial charge in [0.05, 0.1) is 23.0 Å². The molecule has 1 amide bonds. The molecule has 1 aromatic heterocycles. The second-order valence-electron chi connectivity index (χ2n) is 3.29. The molecule has 2 N–H and O–H groups in total. The van der Waals surface area contributed by atoms with E-state index in [1.165, 1.54) is 29.1 Å². The van der Waals surface area contributed by atoms with E-state index in [1.807, 2.05) is 0 Å². The van der Waals surface area contributed by atoms with Crippen LogP contribution in [0.3, 0.4) is 0 Å². The van der Waals surface area contributed by atoms with Crippen LogP contribution in [0.25, 0.3) is 0 Å². The third kappa shape index (κ3) is 2.57. The Bertz CT molecular complexity index is 598. The fourth-order valence-corrected chi connectivity index (χ4v) is 2.31. The van der Waals surface area contributed by atoms with Crippen LogP contribution in [0.4, 0.5) is 5.69 Å². The van der Waals surface area contributed by atoms with Gasteiger partial charge in [-0.05, 0) is 28.1 Å². The molecular weight excluding hydrogens is 320 g/mol. The number of para-hydroxylation sites is 1. The van der Waals surface area contributed by atoms with E-state index < -0.39 is 5.97 Å². The average molecular weight is 327 g/mol. The minimum absolute atomic E-state index is 0.0299. The minimum Gasteiger partial charge on any atom is -0.478 e. The summed E-state index contributed by atoms with van der Waals surface area (Å²) in [5, 5.41) is 11.6. The fraction of sp³-hybridized carbons (Fsp3) is 0. The van der Waals surface area contributed by atoms with Crippen LogP contribution in [-0.2, 0) is 0 Å². The van der Waals surface area contributed by atoms with Crippen LogP contribution in [0.1, 0.15) is 20.0 Å². The molecule has 0 unspecified atom stereocenters. The quantitative estimate of drug-likeness (QED) is 0.908. The highest BCUT2D eigenvalue weighted by molar-refractivity contribution is 9.10. The third-order valence-corrected chi connectivity index (χ3v) is 3.57. The van der Waals surface area contributed by atoms with Crippen LogP contribution in [0.5, 0.6) is 0 Å². The zero-order valence-electron chi connectivity index (χ0n) is 8.88. The number of hydrogen-bond acceptors (Lipinski definition) is 4. The fourth-order valence-electron chi connectivity index (χ4n) is 1.33. The lowest BCUT2D eigenvalue weighted by Crippen LogP contribution is -2.14. The first-order valence-electron chi connectivity index (χ1n) is 4.81. The molecule has 2 rings (SSSR count). The summed E-state index contributed by atoms with van der Waals surface area (Å²) < 4.78 is 0.514. The molecule has 0 spiro atoms. The number of amides is 1. The summed E-state index contributed by atoms with van der Waals surface area (Å²) in [7, 11) is 0. The van der Waals surface area contributed by atoms with Crippen molar-refractivity contribution in [2.75, 3.05) is 5.32 Å². The molecule has 0 aliphatic carbocycles. The van der Waals surface area contributed by atoms with Crippen LogP contribution < -0.4 is 5.32 Å². The number of aromatic nitrogens is 1. The van der Waals surface area contributed by atoms with Gasteiger partial charge in [0.2, 0.25) is 0 Å². The Kier molecular flexibility index (Phi) is 3.73. The van der Waals surface area contributed by atoms with Gasteiger partial charge in [-0.1, -0.05) is 6.07 Å². The maximum Gasteiger partial charge on any atom is 0.337 e. The molecule has 1 heterocycles. The summed E-state index contributed by atoms with van der Waals surface area (Å²) >= 11 is 4.40. The highest BCUT2D eigenvalue weighted by Gasteiger charge is 2.16. The predicted molar refractivity (Wildman–Crippen MR) is 71.2 cm³/mol. The van der Waals surface area contributed by atoms with E-state index in [0.717, 1.165) is 0 Å². The molecule has 2 aromatic rings. The van der Waals surface area contributed by atoms with Crippen LogP contribution in [0, 0.1) is 0 Å². The zero-order valence-corrected chi connectivity index (χ0v) is 11.3. The maximum absolute atomic E-state index is 11.8. The van der Waals surface area contributed by atoms with Crippen molar-refractivity contribution in [1.29, 1.82) is 0 Å². The molecule has 5 nitrogen and oxygen atoms in total. The molecule has 0 aliphatic heterocycles. The summed E-state index contributed by atoms with van der Waals surface area (Å²) in [6.07, 6.45) is 1.43. The standard InChI is InChI=1S/C11H7BrN2O3S/c12-7-3-1-2-6(11(16)17)9(7)14-10(15)8-4-13-5-18-8/h1-5H,(H,14,15)(H,16,17). The molecule has 0 saturated heterocycles. The van der Waals surface area contributed by atoms with Gasteiger partial charge in [-0.15, -0.1) is 11.3 Å². The van der Waals surface area contributed by atoms with Gasteiger partial charge >= 0.3 is 5.97 Å². The number of carbonyl (C=O) groups is 2. The molecule has 18 heavy (non-hydrogen) atoms. The van der Waals surface area contributed by atoms with Gasteiger partial charge in [0, 0.05) is 4.47 Å². The van der Waals surface area contributed by atoms with Crippen molar-refractivity contribution in [3.63, 3.8) is 0 Å². The van der Waals surface area contributed by atoms with Crippen molar-refractivity contribution in [3.8, 4) is 0 Å². The number of halogens is 1. The van der Waals surface area contributed by atoms with Gasteiger partial charge in [0.15, 0.2) is 0 Å². The number of nitrogens with zero attached hydrogens (tertiary/aromatic N) is 1. The van der Waals surface area contributed by atoms with Crippen molar-refractivity contribution < 1.29 is 14.7 Å². The topological polar surface area (TPSA) is 79.3 Å². The number of benzene rings is 1. The van der Waals surface area contributed by atoms with Gasteiger partial charge in [-0.3, -0.25) is 9.78 Å². The maximum atomic E-state index is 11.8. The van der Waals surface area contributed by atoms with E-state index in [2.05, 4.69) is 26.2 Å². The third-order valence-electron chi connectivity index (χ3n) is 2.14. The van der Waals surface area contributed by atoms with Gasteiger partial charge in [-0.2, -0.15) is 0 Å². The summed E-state index contributed by atoms with van der Waals surface area (Å²) in [6.45, 7) is 0. The molecule has 92 valence electrons. The molecule has 0 atom stereocenters. The Balaban J connectivity index is 2.34. The predicted octanol–water partition coefficient (Wildman–Crippen LogP) is 2.86. The van der Waals surface area contributed by atoms with Gasteiger partial charge in [0.1, 0.15) is 4.88 Å². The van der Waals surface area contributed by atoms with Crippen LogP contribution in [-0.4, -0.2) is 22.0 Å². The van der Waals surface area contributed by atoms with E-state index in [-0.39, 0.29) is 17.2 Å². The number of carbonyl (C=O) groups excluding carboxylic acids is 1. The number of carboxylic acids is 1. The zero-order chi connectivity index (χ0) is 13.1. The van der Waals surface area contributed by atoms with Crippen LogP contribution in [0.15, 0.2) is 34.4 Å². The van der Waals surface area contributed by atoms with Crippen molar-refractivity contribution in [1.82, 2.24) is 4.98 Å². The molecule has 0 fully saturated rings. The van der Waals surface area contributed by atoms with Gasteiger partial charge in [0.25, 0.3) is 5.91 Å². The molecule has 0 aliphatic rings. The summed E-state index contributed by atoms with van der Waals surface area (Å²) in [4.78, 5) is 27.1. The number of carboxylic acid groups (broad SMARTS) is 1. The summed E-state index contributed by atoms with van der Waals surface area (Å²) in [5.74, 6) is -1.48. The lowest BCUT2D eigenvalue weighted by atomic mass is 10.2. The minimum atomic E-state index is -1.10. The number of anilines is 1. The molecule has 1 aromatic carbocycles. The molecular formula is C11H7BrN2O3S. The van der Waals surface area contributed by atoms with Crippen molar-refractivity contribution in [2.24, 2.45) is 0 Å². The van der Waals surface area contributed by atoms with Crippen molar-refractivity contribution in [2.45, 2.75) is 0 Å². The van der Waals surface area contributed by atoms with E-state index >= 15 is 0 Å². The molecule has 0 radical (unpaired) electrons. The first kappa shape index (κ1) is 12.7. The Morgan fingerprint density at radius 3 is 2.78 bits per heavy atom. The summed E-state index contributed by atoms with van der Waals surface area (Å²) in [5.41, 5.74) is 1.80. The Labute approximate surface area is 115 Å². The highest BCUT2D eigenvalue weighted by atomic mass is 79.9. The number of aromatic carboxylic acids is 1. The number of rotatable bonds is 3. The highest BCUT2D eigenvalue weighted by Crippen LogP contribution is 2.27. The number of thiazole rings is 1. The van der Waals surface area contributed by atoms with Gasteiger partial charge in [-0.25, -0.2) is 4.79 Å². The number of hydrogen-bond donors (Lipinski definition) is 2. The lowest BCUT2D eigenvalue weighted by Gasteiger charge is -2.09. The Morgan fingerprint density at radius 1 is 1.39 bits per heavy atom. The first-order chi connectivity index (χ1) is 8.59. The normalized spacial score (nSPS) is 10.1. The Morgan fingerprint density at radius 2 is 2.17 bits per heavy atom. The van der Waals surface area contributed by atoms with Crippen LogP contribution >= 0.6 is 27.3 Å². The largest absolute Gasteiger partial charge is 0.478 e. The second-order valence-corrected chi connectivity index (χ2v) is 5.03. The van der Waals surface area contributed by atoms with Crippen LogP contribution in [0.2, 0.25) is 0 Å². The van der Waals surface area contributed by atoms with Crippen molar-refractivity contribution in [3.05, 3.63) is 44.8 Å². The van der Waals surface area contributed by atoms with E-state index in [9.17, 15) is 9.59 Å². The molecule has 7 heteroatoms. The summed E-state index contributed by atoms with van der Waals surface area (Å²) in [6, 6.07) is 4.68.